The van der Waals surface area contributed by atoms with Crippen LogP contribution in [0, 0.1) is 0 Å². The maximum atomic E-state index is 12.9. The molecular formula is C18H20F3N5O2. The molecule has 150 valence electrons. The third-order valence-corrected chi connectivity index (χ3v) is 4.47. The van der Waals surface area contributed by atoms with Crippen LogP contribution in [0.25, 0.3) is 0 Å². The molecule has 3 N–H and O–H groups in total. The number of halogens is 3. The van der Waals surface area contributed by atoms with Crippen molar-refractivity contribution in [3.63, 3.8) is 0 Å². The zero-order chi connectivity index (χ0) is 20.1. The van der Waals surface area contributed by atoms with E-state index < -0.39 is 17.8 Å². The van der Waals surface area contributed by atoms with Gasteiger partial charge in [0.25, 0.3) is 0 Å². The molecule has 0 unspecified atom stereocenters. The van der Waals surface area contributed by atoms with Gasteiger partial charge in [-0.1, -0.05) is 18.2 Å². The minimum Gasteiger partial charge on any atom is -0.353 e. The fraction of sp³-hybridized carbons (Fsp3) is 0.389. The minimum absolute atomic E-state index is 0.0918. The molecule has 0 bridgehead atoms. The molecule has 7 nitrogen and oxygen atoms in total. The molecule has 10 heteroatoms. The molecule has 2 aromatic rings. The Bertz CT molecular complexity index is 823. The summed E-state index contributed by atoms with van der Waals surface area (Å²) in [6.45, 7) is 1.17. The van der Waals surface area contributed by atoms with Crippen molar-refractivity contribution >= 4 is 11.8 Å². The van der Waals surface area contributed by atoms with Gasteiger partial charge in [-0.3, -0.25) is 14.5 Å². The van der Waals surface area contributed by atoms with E-state index in [0.717, 1.165) is 12.1 Å². The SMILES string of the molecule is O=C(C[C@@H]1C(=O)NCCN1Cc1cccc(C(F)(F)F)c1)NCc1ncc[nH]1. The Labute approximate surface area is 159 Å². The summed E-state index contributed by atoms with van der Waals surface area (Å²) in [7, 11) is 0. The predicted molar refractivity (Wildman–Crippen MR) is 93.7 cm³/mol. The monoisotopic (exact) mass is 395 g/mol. The summed E-state index contributed by atoms with van der Waals surface area (Å²) in [5.41, 5.74) is -0.301. The number of benzene rings is 1. The van der Waals surface area contributed by atoms with Crippen LogP contribution in [-0.4, -0.2) is 45.8 Å². The lowest BCUT2D eigenvalue weighted by Gasteiger charge is -2.34. The Morgan fingerprint density at radius 1 is 1.36 bits per heavy atom. The summed E-state index contributed by atoms with van der Waals surface area (Å²) < 4.78 is 38.8. The van der Waals surface area contributed by atoms with Gasteiger partial charge in [-0.2, -0.15) is 13.2 Å². The molecule has 1 atom stereocenters. The highest BCUT2D eigenvalue weighted by molar-refractivity contribution is 5.88. The number of imidazole rings is 1. The van der Waals surface area contributed by atoms with Crippen LogP contribution in [0.3, 0.4) is 0 Å². The van der Waals surface area contributed by atoms with Crippen LogP contribution in [0.2, 0.25) is 0 Å². The van der Waals surface area contributed by atoms with Crippen LogP contribution in [0.5, 0.6) is 0 Å². The maximum absolute atomic E-state index is 12.9. The molecule has 0 saturated carbocycles. The van der Waals surface area contributed by atoms with Crippen molar-refractivity contribution in [3.05, 3.63) is 53.6 Å². The summed E-state index contributed by atoms with van der Waals surface area (Å²) in [6, 6.07) is 4.25. The molecule has 1 aliphatic rings. The molecule has 1 saturated heterocycles. The van der Waals surface area contributed by atoms with E-state index in [1.807, 2.05) is 0 Å². The molecule has 0 radical (unpaired) electrons. The first-order valence-electron chi connectivity index (χ1n) is 8.76. The van der Waals surface area contributed by atoms with Gasteiger partial charge in [-0.05, 0) is 11.6 Å². The van der Waals surface area contributed by atoms with E-state index in [1.165, 1.54) is 6.07 Å². The second kappa shape index (κ2) is 8.42. The molecule has 1 aliphatic heterocycles. The summed E-state index contributed by atoms with van der Waals surface area (Å²) in [5.74, 6) is -0.0684. The van der Waals surface area contributed by atoms with Crippen LogP contribution < -0.4 is 10.6 Å². The zero-order valence-electron chi connectivity index (χ0n) is 14.9. The fourth-order valence-corrected chi connectivity index (χ4v) is 3.08. The molecule has 2 heterocycles. The fourth-order valence-electron chi connectivity index (χ4n) is 3.08. The van der Waals surface area contributed by atoms with Crippen molar-refractivity contribution in [1.82, 2.24) is 25.5 Å². The highest BCUT2D eigenvalue weighted by atomic mass is 19.4. The molecule has 1 aromatic heterocycles. The molecule has 28 heavy (non-hydrogen) atoms. The van der Waals surface area contributed by atoms with Gasteiger partial charge in [-0.15, -0.1) is 0 Å². The number of piperazine rings is 1. The molecule has 1 fully saturated rings. The van der Waals surface area contributed by atoms with Crippen LogP contribution in [0.1, 0.15) is 23.4 Å². The van der Waals surface area contributed by atoms with Gasteiger partial charge >= 0.3 is 6.18 Å². The van der Waals surface area contributed by atoms with Gasteiger partial charge in [0.05, 0.1) is 24.6 Å². The second-order valence-corrected chi connectivity index (χ2v) is 6.49. The first-order valence-corrected chi connectivity index (χ1v) is 8.76. The first kappa shape index (κ1) is 19.9. The van der Waals surface area contributed by atoms with E-state index in [4.69, 9.17) is 0 Å². The first-order chi connectivity index (χ1) is 13.3. The standard InChI is InChI=1S/C18H20F3N5O2/c19-18(20,21)13-3-1-2-12(8-13)11-26-7-6-24-17(28)14(26)9-16(27)25-10-15-22-4-5-23-15/h1-5,8,14H,6-7,9-11H2,(H,22,23)(H,24,28)(H,25,27)/t14-/m1/s1. The van der Waals surface area contributed by atoms with Crippen molar-refractivity contribution in [2.24, 2.45) is 0 Å². The number of hydrogen-bond acceptors (Lipinski definition) is 4. The van der Waals surface area contributed by atoms with E-state index in [-0.39, 0.29) is 31.3 Å². The van der Waals surface area contributed by atoms with Crippen molar-refractivity contribution in [1.29, 1.82) is 0 Å². The van der Waals surface area contributed by atoms with Crippen molar-refractivity contribution in [2.45, 2.75) is 31.7 Å². The number of nitrogens with one attached hydrogen (secondary N) is 3. The summed E-state index contributed by atoms with van der Waals surface area (Å²) in [6.07, 6.45) is -1.33. The third-order valence-electron chi connectivity index (χ3n) is 4.47. The Kier molecular flexibility index (Phi) is 5.98. The largest absolute Gasteiger partial charge is 0.416 e. The minimum atomic E-state index is -4.43. The average molecular weight is 395 g/mol. The third kappa shape index (κ3) is 5.10. The van der Waals surface area contributed by atoms with Crippen molar-refractivity contribution in [3.8, 4) is 0 Å². The van der Waals surface area contributed by atoms with Crippen LogP contribution in [-0.2, 0) is 28.9 Å². The van der Waals surface area contributed by atoms with E-state index in [9.17, 15) is 22.8 Å². The Balaban J connectivity index is 1.65. The van der Waals surface area contributed by atoms with Gasteiger partial charge in [-0.25, -0.2) is 4.98 Å². The number of carbonyl (C=O) groups excluding carboxylic acids is 2. The highest BCUT2D eigenvalue weighted by Gasteiger charge is 2.33. The Morgan fingerprint density at radius 3 is 2.89 bits per heavy atom. The number of amides is 2. The maximum Gasteiger partial charge on any atom is 0.416 e. The Hall–Kier alpha value is -2.88. The van der Waals surface area contributed by atoms with E-state index in [2.05, 4.69) is 20.6 Å². The van der Waals surface area contributed by atoms with E-state index >= 15 is 0 Å². The summed E-state index contributed by atoms with van der Waals surface area (Å²) in [5, 5.41) is 5.38. The smallest absolute Gasteiger partial charge is 0.353 e. The van der Waals surface area contributed by atoms with Crippen LogP contribution in [0.15, 0.2) is 36.7 Å². The lowest BCUT2D eigenvalue weighted by Crippen LogP contribution is -2.56. The molecule has 1 aromatic carbocycles. The topological polar surface area (TPSA) is 90.1 Å². The lowest BCUT2D eigenvalue weighted by atomic mass is 10.1. The molecular weight excluding hydrogens is 375 g/mol. The van der Waals surface area contributed by atoms with Gasteiger partial charge in [0.15, 0.2) is 0 Å². The Morgan fingerprint density at radius 2 is 2.18 bits per heavy atom. The number of rotatable bonds is 6. The molecule has 0 aliphatic carbocycles. The van der Waals surface area contributed by atoms with Gasteiger partial charge < -0.3 is 15.6 Å². The molecule has 2 amide bonds. The van der Waals surface area contributed by atoms with Gasteiger partial charge in [0.2, 0.25) is 11.8 Å². The highest BCUT2D eigenvalue weighted by Crippen LogP contribution is 2.30. The van der Waals surface area contributed by atoms with E-state index in [1.54, 1.807) is 23.4 Å². The van der Waals surface area contributed by atoms with E-state index in [0.29, 0.717) is 24.5 Å². The van der Waals surface area contributed by atoms with Gasteiger partial charge in [0.1, 0.15) is 5.82 Å². The van der Waals surface area contributed by atoms with Crippen LogP contribution in [0.4, 0.5) is 13.2 Å². The number of aromatic nitrogens is 2. The number of nitrogens with zero attached hydrogens (tertiary/aromatic N) is 2. The molecule has 0 spiro atoms. The number of alkyl halides is 3. The number of H-pyrrole nitrogens is 1. The van der Waals surface area contributed by atoms with Crippen molar-refractivity contribution in [2.75, 3.05) is 13.1 Å². The zero-order valence-corrected chi connectivity index (χ0v) is 14.9. The lowest BCUT2D eigenvalue weighted by molar-refractivity contribution is -0.137. The summed E-state index contributed by atoms with van der Waals surface area (Å²) in [4.78, 5) is 33.1. The number of carbonyl (C=O) groups is 2. The average Bonchev–Trinajstić information content (AvgIpc) is 3.16. The normalized spacial score (nSPS) is 18.0. The van der Waals surface area contributed by atoms with Gasteiger partial charge in [0, 0.05) is 32.0 Å². The van der Waals surface area contributed by atoms with Crippen LogP contribution >= 0.6 is 0 Å². The predicted octanol–water partition coefficient (Wildman–Crippen LogP) is 1.44. The van der Waals surface area contributed by atoms with Crippen molar-refractivity contribution < 1.29 is 22.8 Å². The molecule has 3 rings (SSSR count). The number of hydrogen-bond donors (Lipinski definition) is 3. The second-order valence-electron chi connectivity index (χ2n) is 6.49. The quantitative estimate of drug-likeness (QED) is 0.690. The summed E-state index contributed by atoms with van der Waals surface area (Å²) >= 11 is 0. The number of aromatic amines is 1.